The van der Waals surface area contributed by atoms with Gasteiger partial charge in [-0.15, -0.1) is 0 Å². The van der Waals surface area contributed by atoms with E-state index in [2.05, 4.69) is 26.6 Å². The zero-order valence-electron chi connectivity index (χ0n) is 20.9. The first-order valence-electron chi connectivity index (χ1n) is 12.3. The van der Waals surface area contributed by atoms with Crippen LogP contribution in [0.5, 0.6) is 0 Å². The van der Waals surface area contributed by atoms with E-state index in [1.807, 2.05) is 31.2 Å². The fourth-order valence-corrected chi connectivity index (χ4v) is 5.19. The molecular formula is C28H27F3N4O3. The number of halogens is 3. The molecule has 1 fully saturated rings. The van der Waals surface area contributed by atoms with Gasteiger partial charge in [0.15, 0.2) is 0 Å². The number of nitrogens with zero attached hydrogens (tertiary/aromatic N) is 2. The van der Waals surface area contributed by atoms with E-state index in [0.717, 1.165) is 40.2 Å². The number of hydrogen-bond acceptors (Lipinski definition) is 5. The van der Waals surface area contributed by atoms with Crippen LogP contribution < -0.4 is 15.5 Å². The molecule has 10 heteroatoms. The summed E-state index contributed by atoms with van der Waals surface area (Å²) in [6, 6.07) is 13.4. The van der Waals surface area contributed by atoms with Crippen molar-refractivity contribution in [2.45, 2.75) is 25.6 Å². The molecule has 2 aliphatic rings. The van der Waals surface area contributed by atoms with Gasteiger partial charge in [0, 0.05) is 36.7 Å². The van der Waals surface area contributed by atoms with Crippen molar-refractivity contribution in [3.05, 3.63) is 77.1 Å². The Balaban J connectivity index is 1.44. The van der Waals surface area contributed by atoms with Gasteiger partial charge in [-0.05, 0) is 65.9 Å². The van der Waals surface area contributed by atoms with Crippen LogP contribution in [0, 0.1) is 12.8 Å². The summed E-state index contributed by atoms with van der Waals surface area (Å²) in [6.07, 6.45) is -3.06. The quantitative estimate of drug-likeness (QED) is 0.527. The number of morpholine rings is 1. The van der Waals surface area contributed by atoms with Gasteiger partial charge in [-0.3, -0.25) is 14.6 Å². The summed E-state index contributed by atoms with van der Waals surface area (Å²) in [4.78, 5) is 30.9. The second kappa shape index (κ2) is 10.1. The van der Waals surface area contributed by atoms with Crippen molar-refractivity contribution in [2.24, 2.45) is 5.92 Å². The van der Waals surface area contributed by atoms with Gasteiger partial charge < -0.3 is 20.3 Å². The van der Waals surface area contributed by atoms with E-state index in [1.165, 1.54) is 6.07 Å². The lowest BCUT2D eigenvalue weighted by Crippen LogP contribution is -2.56. The molecule has 0 aliphatic carbocycles. The molecule has 2 aliphatic heterocycles. The number of aryl methyl sites for hydroxylation is 1. The van der Waals surface area contributed by atoms with Crippen LogP contribution in [0.25, 0.3) is 11.1 Å². The number of rotatable bonds is 4. The molecule has 2 amide bonds. The molecule has 5 rings (SSSR count). The summed E-state index contributed by atoms with van der Waals surface area (Å²) < 4.78 is 44.8. The Morgan fingerprint density at radius 2 is 1.92 bits per heavy atom. The van der Waals surface area contributed by atoms with Crippen LogP contribution in [0.4, 0.5) is 24.5 Å². The average molecular weight is 525 g/mol. The molecule has 0 spiro atoms. The van der Waals surface area contributed by atoms with Crippen LogP contribution in [0.1, 0.15) is 27.2 Å². The zero-order chi connectivity index (χ0) is 27.0. The van der Waals surface area contributed by atoms with Gasteiger partial charge in [0.1, 0.15) is 5.69 Å². The first-order chi connectivity index (χ1) is 18.2. The summed E-state index contributed by atoms with van der Waals surface area (Å²) in [5, 5.41) is 5.47. The second-order valence-corrected chi connectivity index (χ2v) is 9.52. The molecule has 3 heterocycles. The molecule has 2 N–H and O–H groups in total. The monoisotopic (exact) mass is 524 g/mol. The highest BCUT2D eigenvalue weighted by atomic mass is 19.4. The fraction of sp³-hybridized carbons (Fsp3) is 0.321. The van der Waals surface area contributed by atoms with Crippen molar-refractivity contribution in [1.82, 2.24) is 10.3 Å². The Morgan fingerprint density at radius 1 is 1.11 bits per heavy atom. The molecule has 198 valence electrons. The van der Waals surface area contributed by atoms with Crippen LogP contribution in [0.15, 0.2) is 54.7 Å². The lowest BCUT2D eigenvalue weighted by atomic mass is 9.83. The smallest absolute Gasteiger partial charge is 0.377 e. The summed E-state index contributed by atoms with van der Waals surface area (Å²) in [5.41, 5.74) is 4.14. The highest BCUT2D eigenvalue weighted by Crippen LogP contribution is 2.39. The molecule has 0 saturated carbocycles. The number of pyridine rings is 1. The van der Waals surface area contributed by atoms with Gasteiger partial charge in [0.2, 0.25) is 5.91 Å². The summed E-state index contributed by atoms with van der Waals surface area (Å²) in [6.45, 7) is 3.69. The SMILES string of the molecule is CNC(=O)[C@@H]1Cc2ccc(-c3cc(NC(=O)c4ccnc(C(F)(F)F)c4)ccc3C)cc2N2CCOCC12. The van der Waals surface area contributed by atoms with E-state index >= 15 is 0 Å². The molecule has 1 saturated heterocycles. The molecular weight excluding hydrogens is 497 g/mol. The minimum atomic E-state index is -4.64. The Morgan fingerprint density at radius 3 is 2.68 bits per heavy atom. The van der Waals surface area contributed by atoms with E-state index in [4.69, 9.17) is 4.74 Å². The predicted octanol–water partition coefficient (Wildman–Crippen LogP) is 4.45. The third-order valence-corrected chi connectivity index (χ3v) is 7.17. The fourth-order valence-electron chi connectivity index (χ4n) is 5.19. The Hall–Kier alpha value is -3.92. The minimum Gasteiger partial charge on any atom is -0.377 e. The highest BCUT2D eigenvalue weighted by Gasteiger charge is 2.40. The minimum absolute atomic E-state index is 0.00364. The van der Waals surface area contributed by atoms with Gasteiger partial charge in [0.05, 0.1) is 25.2 Å². The Kier molecular flexibility index (Phi) is 6.83. The largest absolute Gasteiger partial charge is 0.433 e. The average Bonchev–Trinajstić information content (AvgIpc) is 2.92. The number of fused-ring (bicyclic) bond motifs is 3. The third kappa shape index (κ3) is 4.96. The van der Waals surface area contributed by atoms with Crippen LogP contribution in [0.2, 0.25) is 0 Å². The maximum Gasteiger partial charge on any atom is 0.433 e. The maximum absolute atomic E-state index is 13.0. The predicted molar refractivity (Wildman–Crippen MR) is 137 cm³/mol. The maximum atomic E-state index is 13.0. The zero-order valence-corrected chi connectivity index (χ0v) is 20.9. The number of alkyl halides is 3. The number of anilines is 2. The van der Waals surface area contributed by atoms with E-state index in [9.17, 15) is 22.8 Å². The van der Waals surface area contributed by atoms with Gasteiger partial charge in [-0.1, -0.05) is 18.2 Å². The number of ether oxygens (including phenoxy) is 1. The molecule has 38 heavy (non-hydrogen) atoms. The Bertz CT molecular complexity index is 1390. The van der Waals surface area contributed by atoms with Gasteiger partial charge in [0.25, 0.3) is 5.91 Å². The van der Waals surface area contributed by atoms with E-state index in [-0.39, 0.29) is 23.4 Å². The summed E-state index contributed by atoms with van der Waals surface area (Å²) >= 11 is 0. The van der Waals surface area contributed by atoms with Crippen LogP contribution in [0.3, 0.4) is 0 Å². The van der Waals surface area contributed by atoms with E-state index in [1.54, 1.807) is 13.1 Å². The lowest BCUT2D eigenvalue weighted by molar-refractivity contribution is -0.141. The standard InChI is InChI=1S/C28H27F3N4O3/c1-16-3-6-20(34-26(36)19-7-8-33-25(13-19)28(29,30)31)14-21(16)17-4-5-18-11-22(27(37)32-2)24-15-38-10-9-35(24)23(18)12-17/h3-8,12-14,22,24H,9-11,15H2,1-2H3,(H,32,37)(H,34,36)/t22-,24?/m1/s1. The summed E-state index contributed by atoms with van der Waals surface area (Å²) in [5.74, 6) is -0.865. The number of carbonyl (C=O) groups excluding carboxylic acids is 2. The molecule has 1 unspecified atom stereocenters. The molecule has 7 nitrogen and oxygen atoms in total. The van der Waals surface area contributed by atoms with Crippen molar-refractivity contribution in [1.29, 1.82) is 0 Å². The van der Waals surface area contributed by atoms with Crippen molar-refractivity contribution in [3.63, 3.8) is 0 Å². The number of aromatic nitrogens is 1. The first-order valence-corrected chi connectivity index (χ1v) is 12.3. The van der Waals surface area contributed by atoms with Gasteiger partial charge >= 0.3 is 6.18 Å². The molecule has 0 radical (unpaired) electrons. The van der Waals surface area contributed by atoms with Gasteiger partial charge in [-0.2, -0.15) is 13.2 Å². The number of carbonyl (C=O) groups is 2. The topological polar surface area (TPSA) is 83.6 Å². The third-order valence-electron chi connectivity index (χ3n) is 7.17. The van der Waals surface area contributed by atoms with Crippen LogP contribution in [-0.2, 0) is 22.1 Å². The van der Waals surface area contributed by atoms with Crippen molar-refractivity contribution < 1.29 is 27.5 Å². The number of benzene rings is 2. The van der Waals surface area contributed by atoms with Crippen molar-refractivity contribution >= 4 is 23.2 Å². The molecule has 1 aromatic heterocycles. The molecule has 2 atom stereocenters. The number of hydrogen-bond donors (Lipinski definition) is 2. The van der Waals surface area contributed by atoms with Gasteiger partial charge in [-0.25, -0.2) is 0 Å². The van der Waals surface area contributed by atoms with E-state index in [0.29, 0.717) is 31.9 Å². The Labute approximate surface area is 218 Å². The van der Waals surface area contributed by atoms with Crippen molar-refractivity contribution in [3.8, 4) is 11.1 Å². The first kappa shape index (κ1) is 25.7. The van der Waals surface area contributed by atoms with Crippen molar-refractivity contribution in [2.75, 3.05) is 37.0 Å². The van der Waals surface area contributed by atoms with E-state index < -0.39 is 17.8 Å². The molecule has 0 bridgehead atoms. The van der Waals surface area contributed by atoms with Crippen LogP contribution >= 0.6 is 0 Å². The number of amides is 2. The number of nitrogens with one attached hydrogen (secondary N) is 2. The molecule has 2 aromatic carbocycles. The lowest BCUT2D eigenvalue weighted by Gasteiger charge is -2.45. The normalized spacial score (nSPS) is 18.8. The second-order valence-electron chi connectivity index (χ2n) is 9.52. The van der Waals surface area contributed by atoms with Crippen LogP contribution in [-0.4, -0.2) is 49.6 Å². The molecule has 3 aromatic rings. The summed E-state index contributed by atoms with van der Waals surface area (Å²) in [7, 11) is 1.65. The highest BCUT2D eigenvalue weighted by molar-refractivity contribution is 6.04.